The molecule has 0 saturated heterocycles. The van der Waals surface area contributed by atoms with E-state index < -0.39 is 11.6 Å². The summed E-state index contributed by atoms with van der Waals surface area (Å²) < 4.78 is 10.8. The van der Waals surface area contributed by atoms with Crippen LogP contribution < -0.4 is 10.4 Å². The summed E-state index contributed by atoms with van der Waals surface area (Å²) in [6.07, 6.45) is 0. The van der Waals surface area contributed by atoms with Gasteiger partial charge in [-0.1, -0.05) is 54.6 Å². The van der Waals surface area contributed by atoms with Gasteiger partial charge in [0.2, 0.25) is 0 Å². The van der Waals surface area contributed by atoms with E-state index in [-0.39, 0.29) is 5.56 Å². The molecule has 3 aromatic carbocycles. The van der Waals surface area contributed by atoms with Crippen LogP contribution >= 0.6 is 0 Å². The highest BCUT2D eigenvalue weighted by molar-refractivity contribution is 5.99. The molecule has 0 saturated carbocycles. The van der Waals surface area contributed by atoms with E-state index in [2.05, 4.69) is 0 Å². The molecule has 0 amide bonds. The minimum atomic E-state index is -0.714. The molecular weight excluding hydrogens is 316 g/mol. The third-order valence-corrected chi connectivity index (χ3v) is 4.23. The zero-order valence-corrected chi connectivity index (χ0v) is 13.5. The lowest BCUT2D eigenvalue weighted by Gasteiger charge is -2.09. The Bertz CT molecular complexity index is 1170. The van der Waals surface area contributed by atoms with Crippen molar-refractivity contribution in [3.8, 4) is 5.75 Å². The molecule has 4 aromatic rings. The quantitative estimate of drug-likeness (QED) is 0.309. The number of rotatable bonds is 2. The summed E-state index contributed by atoms with van der Waals surface area (Å²) in [5, 5.41) is 2.48. The molecule has 0 unspecified atom stereocenters. The van der Waals surface area contributed by atoms with Gasteiger partial charge in [-0.05, 0) is 30.0 Å². The predicted molar refractivity (Wildman–Crippen MR) is 96.1 cm³/mol. The summed E-state index contributed by atoms with van der Waals surface area (Å²) in [6.45, 7) is 1.72. The van der Waals surface area contributed by atoms with E-state index in [0.29, 0.717) is 22.3 Å². The predicted octanol–water partition coefficient (Wildman–Crippen LogP) is 4.47. The van der Waals surface area contributed by atoms with Crippen LogP contribution in [0.25, 0.3) is 21.7 Å². The molecule has 4 rings (SSSR count). The summed E-state index contributed by atoms with van der Waals surface area (Å²) in [7, 11) is 0. The first-order chi connectivity index (χ1) is 12.1. The van der Waals surface area contributed by atoms with Gasteiger partial charge in [0.15, 0.2) is 0 Å². The van der Waals surface area contributed by atoms with E-state index in [9.17, 15) is 9.59 Å². The van der Waals surface area contributed by atoms with Crippen LogP contribution in [0.3, 0.4) is 0 Å². The van der Waals surface area contributed by atoms with Gasteiger partial charge in [-0.3, -0.25) is 0 Å². The molecule has 0 N–H and O–H groups in total. The molecule has 0 spiro atoms. The van der Waals surface area contributed by atoms with Crippen molar-refractivity contribution in [2.75, 3.05) is 0 Å². The second-order valence-corrected chi connectivity index (χ2v) is 5.75. The summed E-state index contributed by atoms with van der Waals surface area (Å²) >= 11 is 0. The summed E-state index contributed by atoms with van der Waals surface area (Å²) in [6, 6.07) is 20.1. The third-order valence-electron chi connectivity index (χ3n) is 4.23. The molecule has 0 aliphatic carbocycles. The van der Waals surface area contributed by atoms with Gasteiger partial charge < -0.3 is 9.15 Å². The monoisotopic (exact) mass is 330 g/mol. The zero-order chi connectivity index (χ0) is 17.4. The van der Waals surface area contributed by atoms with Crippen LogP contribution in [-0.2, 0) is 0 Å². The highest BCUT2D eigenvalue weighted by Gasteiger charge is 2.21. The standard InChI is InChI=1S/C21H14O4/c1-13-15-9-4-5-11-17(15)24-20(22)19(13)21(23)25-18-12-6-8-14-7-2-3-10-16(14)18/h2-12H,1H3. The van der Waals surface area contributed by atoms with Crippen molar-refractivity contribution in [1.82, 2.24) is 0 Å². The van der Waals surface area contributed by atoms with Crippen LogP contribution in [-0.4, -0.2) is 5.97 Å². The molecule has 1 aromatic heterocycles. The number of esters is 1. The summed E-state index contributed by atoms with van der Waals surface area (Å²) in [5.74, 6) is -0.302. The average molecular weight is 330 g/mol. The second kappa shape index (κ2) is 5.91. The Morgan fingerprint density at radius 2 is 1.56 bits per heavy atom. The number of benzene rings is 3. The van der Waals surface area contributed by atoms with E-state index in [4.69, 9.17) is 9.15 Å². The van der Waals surface area contributed by atoms with E-state index in [1.165, 1.54) is 0 Å². The van der Waals surface area contributed by atoms with Crippen molar-refractivity contribution in [2.45, 2.75) is 6.92 Å². The topological polar surface area (TPSA) is 56.5 Å². The number of carbonyl (C=O) groups is 1. The van der Waals surface area contributed by atoms with Crippen LogP contribution in [0.15, 0.2) is 75.9 Å². The maximum Gasteiger partial charge on any atom is 0.351 e. The first-order valence-electron chi connectivity index (χ1n) is 7.87. The maximum absolute atomic E-state index is 12.7. The summed E-state index contributed by atoms with van der Waals surface area (Å²) in [5.41, 5.74) is 0.233. The van der Waals surface area contributed by atoms with E-state index in [1.54, 1.807) is 31.2 Å². The van der Waals surface area contributed by atoms with Gasteiger partial charge >= 0.3 is 11.6 Å². The van der Waals surface area contributed by atoms with Crippen molar-refractivity contribution < 1.29 is 13.9 Å². The van der Waals surface area contributed by atoms with Crippen LogP contribution in [0.2, 0.25) is 0 Å². The van der Waals surface area contributed by atoms with Gasteiger partial charge in [-0.15, -0.1) is 0 Å². The summed E-state index contributed by atoms with van der Waals surface area (Å²) in [4.78, 5) is 24.9. The van der Waals surface area contributed by atoms with Gasteiger partial charge in [-0.2, -0.15) is 0 Å². The molecule has 4 nitrogen and oxygen atoms in total. The first-order valence-corrected chi connectivity index (χ1v) is 7.87. The fourth-order valence-electron chi connectivity index (χ4n) is 2.98. The molecule has 0 radical (unpaired) electrons. The fraction of sp³-hybridized carbons (Fsp3) is 0.0476. The molecule has 0 aliphatic rings. The molecule has 0 aliphatic heterocycles. The Kier molecular flexibility index (Phi) is 3.58. The number of carbonyl (C=O) groups excluding carboxylic acids is 1. The number of para-hydroxylation sites is 1. The minimum absolute atomic E-state index is 0.0772. The average Bonchev–Trinajstić information content (AvgIpc) is 2.62. The van der Waals surface area contributed by atoms with Crippen LogP contribution in [0.4, 0.5) is 0 Å². The molecule has 1 heterocycles. The zero-order valence-electron chi connectivity index (χ0n) is 13.5. The molecule has 0 bridgehead atoms. The van der Waals surface area contributed by atoms with E-state index >= 15 is 0 Å². The highest BCUT2D eigenvalue weighted by atomic mass is 16.5. The van der Waals surface area contributed by atoms with E-state index in [0.717, 1.165) is 10.8 Å². The molecule has 0 fully saturated rings. The van der Waals surface area contributed by atoms with Crippen LogP contribution in [0.1, 0.15) is 15.9 Å². The Morgan fingerprint density at radius 3 is 2.40 bits per heavy atom. The fourth-order valence-corrected chi connectivity index (χ4v) is 2.98. The number of fused-ring (bicyclic) bond motifs is 2. The van der Waals surface area contributed by atoms with Crippen molar-refractivity contribution >= 4 is 27.7 Å². The SMILES string of the molecule is Cc1c(C(=O)Oc2cccc3ccccc23)c(=O)oc2ccccc12. The molecule has 4 heteroatoms. The van der Waals surface area contributed by atoms with E-state index in [1.807, 2.05) is 42.5 Å². The lowest BCUT2D eigenvalue weighted by Crippen LogP contribution is -2.21. The van der Waals surface area contributed by atoms with Crippen molar-refractivity contribution in [3.05, 3.63) is 88.3 Å². The van der Waals surface area contributed by atoms with Crippen LogP contribution in [0, 0.1) is 6.92 Å². The maximum atomic E-state index is 12.7. The molecule has 0 atom stereocenters. The number of aryl methyl sites for hydroxylation is 1. The van der Waals surface area contributed by atoms with Crippen molar-refractivity contribution in [1.29, 1.82) is 0 Å². The minimum Gasteiger partial charge on any atom is -0.422 e. The Morgan fingerprint density at radius 1 is 0.880 bits per heavy atom. The normalized spacial score (nSPS) is 10.9. The Labute approximate surface area is 143 Å². The molecule has 122 valence electrons. The van der Waals surface area contributed by atoms with Gasteiger partial charge in [-0.25, -0.2) is 9.59 Å². The lowest BCUT2D eigenvalue weighted by atomic mass is 10.1. The molecular formula is C21H14O4. The Balaban J connectivity index is 1.81. The third kappa shape index (κ3) is 2.58. The van der Waals surface area contributed by atoms with Gasteiger partial charge in [0.25, 0.3) is 0 Å². The Hall–Kier alpha value is -3.40. The second-order valence-electron chi connectivity index (χ2n) is 5.75. The lowest BCUT2D eigenvalue weighted by molar-refractivity contribution is 0.0732. The first kappa shape index (κ1) is 15.1. The van der Waals surface area contributed by atoms with Gasteiger partial charge in [0.05, 0.1) is 0 Å². The number of hydrogen-bond acceptors (Lipinski definition) is 4. The van der Waals surface area contributed by atoms with Crippen LogP contribution in [0.5, 0.6) is 5.75 Å². The van der Waals surface area contributed by atoms with Gasteiger partial charge in [0, 0.05) is 10.8 Å². The largest absolute Gasteiger partial charge is 0.422 e. The van der Waals surface area contributed by atoms with Gasteiger partial charge in [0.1, 0.15) is 16.9 Å². The molecule has 25 heavy (non-hydrogen) atoms. The smallest absolute Gasteiger partial charge is 0.351 e. The van der Waals surface area contributed by atoms with Crippen molar-refractivity contribution in [2.24, 2.45) is 0 Å². The van der Waals surface area contributed by atoms with Crippen molar-refractivity contribution in [3.63, 3.8) is 0 Å². The number of hydrogen-bond donors (Lipinski definition) is 0. The highest BCUT2D eigenvalue weighted by Crippen LogP contribution is 2.26. The number of ether oxygens (including phenoxy) is 1.